The van der Waals surface area contributed by atoms with Crippen LogP contribution >= 0.6 is 0 Å². The monoisotopic (exact) mass is 263 g/mol. The first-order valence-electron chi connectivity index (χ1n) is 6.19. The molecule has 6 nitrogen and oxygen atoms in total. The van der Waals surface area contributed by atoms with E-state index >= 15 is 0 Å². The van der Waals surface area contributed by atoms with Crippen molar-refractivity contribution in [2.45, 2.75) is 25.9 Å². The first-order valence-corrected chi connectivity index (χ1v) is 6.19. The van der Waals surface area contributed by atoms with Crippen LogP contribution in [0.4, 0.5) is 0 Å². The Kier molecular flexibility index (Phi) is 3.69. The molecule has 1 aromatic rings. The van der Waals surface area contributed by atoms with Gasteiger partial charge in [-0.2, -0.15) is 0 Å². The van der Waals surface area contributed by atoms with Crippen molar-refractivity contribution in [3.8, 4) is 5.75 Å². The van der Waals surface area contributed by atoms with Crippen molar-refractivity contribution < 1.29 is 14.3 Å². The zero-order valence-corrected chi connectivity index (χ0v) is 10.8. The highest BCUT2D eigenvalue weighted by atomic mass is 16.5. The molecule has 1 aliphatic carbocycles. The highest BCUT2D eigenvalue weighted by Gasteiger charge is 2.55. The molecular weight excluding hydrogens is 246 g/mol. The van der Waals surface area contributed by atoms with Crippen molar-refractivity contribution in [3.63, 3.8) is 0 Å². The number of nitrogens with two attached hydrogens (primary N) is 1. The quantitative estimate of drug-likeness (QED) is 0.718. The number of primary amides is 1. The Bertz CT molecular complexity index is 471. The summed E-state index contributed by atoms with van der Waals surface area (Å²) >= 11 is 0. The highest BCUT2D eigenvalue weighted by molar-refractivity contribution is 6.07. The lowest BCUT2D eigenvalue weighted by atomic mass is 10.1. The molecule has 1 saturated carbocycles. The number of aromatic nitrogens is 1. The number of nitrogens with one attached hydrogen (secondary N) is 1. The van der Waals surface area contributed by atoms with E-state index in [1.54, 1.807) is 24.5 Å². The highest BCUT2D eigenvalue weighted by Crippen LogP contribution is 2.45. The van der Waals surface area contributed by atoms with Crippen LogP contribution in [0.5, 0.6) is 5.75 Å². The molecule has 1 aromatic heterocycles. The number of carbonyl (C=O) groups is 2. The summed E-state index contributed by atoms with van der Waals surface area (Å²) in [5.41, 5.74) is 4.25. The second-order valence-corrected chi connectivity index (χ2v) is 4.77. The molecule has 1 heterocycles. The SMILES string of the molecule is C[C@@H](CNC(=O)C1(C(N)=O)CC1)Oc1cccnc1. The standard InChI is InChI=1S/C13H17N3O3/c1-9(19-10-3-2-6-15-8-10)7-16-12(18)13(4-5-13)11(14)17/h2-3,6,8-9H,4-5,7H2,1H3,(H2,14,17)(H,16,18)/t9-/m0/s1. The molecule has 2 rings (SSSR count). The fourth-order valence-corrected chi connectivity index (χ4v) is 1.81. The second kappa shape index (κ2) is 5.26. The summed E-state index contributed by atoms with van der Waals surface area (Å²) in [7, 11) is 0. The minimum Gasteiger partial charge on any atom is -0.487 e. The Morgan fingerprint density at radius 1 is 1.58 bits per heavy atom. The summed E-state index contributed by atoms with van der Waals surface area (Å²) in [6, 6.07) is 3.56. The van der Waals surface area contributed by atoms with Crippen molar-refractivity contribution in [2.75, 3.05) is 6.54 Å². The molecule has 6 heteroatoms. The molecular formula is C13H17N3O3. The number of carbonyl (C=O) groups excluding carboxylic acids is 2. The predicted molar refractivity (Wildman–Crippen MR) is 68.2 cm³/mol. The van der Waals surface area contributed by atoms with Crippen LogP contribution in [0, 0.1) is 5.41 Å². The summed E-state index contributed by atoms with van der Waals surface area (Å²) in [4.78, 5) is 27.0. The molecule has 0 aromatic carbocycles. The van der Waals surface area contributed by atoms with Gasteiger partial charge in [0.15, 0.2) is 0 Å². The van der Waals surface area contributed by atoms with Gasteiger partial charge in [0.05, 0.1) is 12.7 Å². The summed E-state index contributed by atoms with van der Waals surface area (Å²) < 4.78 is 5.56. The number of rotatable bonds is 6. The van der Waals surface area contributed by atoms with Gasteiger partial charge in [0, 0.05) is 6.20 Å². The van der Waals surface area contributed by atoms with Gasteiger partial charge < -0.3 is 15.8 Å². The Hall–Kier alpha value is -2.11. The molecule has 2 amide bonds. The number of nitrogens with zero attached hydrogens (tertiary/aromatic N) is 1. The van der Waals surface area contributed by atoms with Gasteiger partial charge >= 0.3 is 0 Å². The molecule has 0 spiro atoms. The van der Waals surface area contributed by atoms with E-state index in [0.717, 1.165) is 0 Å². The lowest BCUT2D eigenvalue weighted by Crippen LogP contribution is -2.43. The minimum absolute atomic E-state index is 0.211. The molecule has 102 valence electrons. The van der Waals surface area contributed by atoms with Crippen LogP contribution in [0.15, 0.2) is 24.5 Å². The number of amides is 2. The van der Waals surface area contributed by atoms with Gasteiger partial charge in [0.2, 0.25) is 11.8 Å². The van der Waals surface area contributed by atoms with Crippen molar-refractivity contribution >= 4 is 11.8 Å². The molecule has 1 fully saturated rings. The van der Waals surface area contributed by atoms with E-state index in [4.69, 9.17) is 10.5 Å². The summed E-state index contributed by atoms with van der Waals surface area (Å²) in [5.74, 6) is -0.215. The molecule has 0 unspecified atom stereocenters. The van der Waals surface area contributed by atoms with Crippen molar-refractivity contribution in [1.29, 1.82) is 0 Å². The van der Waals surface area contributed by atoms with E-state index in [1.807, 2.05) is 6.92 Å². The molecule has 1 atom stereocenters. The number of ether oxygens (including phenoxy) is 1. The van der Waals surface area contributed by atoms with E-state index < -0.39 is 11.3 Å². The predicted octanol–water partition coefficient (Wildman–Crippen LogP) is 0.231. The molecule has 0 bridgehead atoms. The lowest BCUT2D eigenvalue weighted by molar-refractivity contribution is -0.135. The van der Waals surface area contributed by atoms with E-state index in [-0.39, 0.29) is 12.0 Å². The van der Waals surface area contributed by atoms with Crippen LogP contribution in [0.2, 0.25) is 0 Å². The molecule has 0 saturated heterocycles. The number of hydrogen-bond acceptors (Lipinski definition) is 4. The van der Waals surface area contributed by atoms with Gasteiger partial charge in [-0.25, -0.2) is 0 Å². The van der Waals surface area contributed by atoms with E-state index in [1.165, 1.54) is 0 Å². The maximum absolute atomic E-state index is 11.8. The smallest absolute Gasteiger partial charge is 0.235 e. The van der Waals surface area contributed by atoms with E-state index in [0.29, 0.717) is 25.1 Å². The molecule has 0 aliphatic heterocycles. The van der Waals surface area contributed by atoms with Crippen molar-refractivity contribution in [1.82, 2.24) is 10.3 Å². The second-order valence-electron chi connectivity index (χ2n) is 4.77. The Balaban J connectivity index is 1.80. The zero-order chi connectivity index (χ0) is 13.9. The van der Waals surface area contributed by atoms with Gasteiger partial charge in [-0.15, -0.1) is 0 Å². The van der Waals surface area contributed by atoms with Gasteiger partial charge in [-0.1, -0.05) is 0 Å². The fourth-order valence-electron chi connectivity index (χ4n) is 1.81. The van der Waals surface area contributed by atoms with E-state index in [9.17, 15) is 9.59 Å². The molecule has 19 heavy (non-hydrogen) atoms. The third-order valence-corrected chi connectivity index (χ3v) is 3.18. The fraction of sp³-hybridized carbons (Fsp3) is 0.462. The molecule has 0 radical (unpaired) electrons. The van der Waals surface area contributed by atoms with Crippen LogP contribution in [0.3, 0.4) is 0 Å². The lowest BCUT2D eigenvalue weighted by Gasteiger charge is -2.17. The Morgan fingerprint density at radius 2 is 2.32 bits per heavy atom. The van der Waals surface area contributed by atoms with Crippen LogP contribution in [-0.2, 0) is 9.59 Å². The normalized spacial score (nSPS) is 17.3. The van der Waals surface area contributed by atoms with Crippen LogP contribution in [0.1, 0.15) is 19.8 Å². The topological polar surface area (TPSA) is 94.3 Å². The zero-order valence-electron chi connectivity index (χ0n) is 10.8. The summed E-state index contributed by atoms with van der Waals surface area (Å²) in [6.07, 6.45) is 4.11. The van der Waals surface area contributed by atoms with Gasteiger partial charge in [0.25, 0.3) is 0 Å². The van der Waals surface area contributed by atoms with E-state index in [2.05, 4.69) is 10.3 Å². The number of pyridine rings is 1. The maximum Gasteiger partial charge on any atom is 0.235 e. The van der Waals surface area contributed by atoms with Gasteiger partial charge in [-0.3, -0.25) is 14.6 Å². The average Bonchev–Trinajstić information content (AvgIpc) is 3.18. The first-order chi connectivity index (χ1) is 9.04. The molecule has 3 N–H and O–H groups in total. The Morgan fingerprint density at radius 3 is 2.84 bits per heavy atom. The molecule has 1 aliphatic rings. The number of hydrogen-bond donors (Lipinski definition) is 2. The van der Waals surface area contributed by atoms with Crippen LogP contribution < -0.4 is 15.8 Å². The van der Waals surface area contributed by atoms with Crippen molar-refractivity contribution in [2.24, 2.45) is 11.1 Å². The Labute approximate surface area is 111 Å². The van der Waals surface area contributed by atoms with Crippen LogP contribution in [-0.4, -0.2) is 29.4 Å². The largest absolute Gasteiger partial charge is 0.487 e. The van der Waals surface area contributed by atoms with Crippen LogP contribution in [0.25, 0.3) is 0 Å². The van der Waals surface area contributed by atoms with Crippen molar-refractivity contribution in [3.05, 3.63) is 24.5 Å². The maximum atomic E-state index is 11.8. The average molecular weight is 263 g/mol. The summed E-state index contributed by atoms with van der Waals surface area (Å²) in [6.45, 7) is 2.15. The third-order valence-electron chi connectivity index (χ3n) is 3.18. The first kappa shape index (κ1) is 13.3. The minimum atomic E-state index is -0.978. The van der Waals surface area contributed by atoms with Gasteiger partial charge in [0.1, 0.15) is 17.3 Å². The third kappa shape index (κ3) is 3.01. The summed E-state index contributed by atoms with van der Waals surface area (Å²) in [5, 5.41) is 2.70. The van der Waals surface area contributed by atoms with Gasteiger partial charge in [-0.05, 0) is 31.9 Å².